The molecule has 1 aromatic carbocycles. The first-order chi connectivity index (χ1) is 11.9. The Kier molecular flexibility index (Phi) is 4.35. The molecule has 124 valence electrons. The molecular weight excluding hydrogens is 304 g/mol. The van der Waals surface area contributed by atoms with Crippen LogP contribution in [0.2, 0.25) is 0 Å². The molecular formula is C17H20N6O. The zero-order valence-corrected chi connectivity index (χ0v) is 13.5. The van der Waals surface area contributed by atoms with Crippen LogP contribution in [0.1, 0.15) is 0 Å². The molecule has 0 atom stereocenters. The van der Waals surface area contributed by atoms with Gasteiger partial charge in [-0.3, -0.25) is 9.58 Å². The minimum atomic E-state index is 0.825. The Morgan fingerprint density at radius 3 is 2.62 bits per heavy atom. The van der Waals surface area contributed by atoms with Gasteiger partial charge in [0.2, 0.25) is 0 Å². The van der Waals surface area contributed by atoms with Gasteiger partial charge in [-0.25, -0.2) is 4.68 Å². The van der Waals surface area contributed by atoms with Gasteiger partial charge in [-0.15, -0.1) is 5.10 Å². The van der Waals surface area contributed by atoms with E-state index in [9.17, 15) is 0 Å². The third-order valence-corrected chi connectivity index (χ3v) is 4.22. The number of nitrogens with zero attached hydrogens (tertiary/aromatic N) is 6. The molecule has 0 saturated carbocycles. The molecule has 0 N–H and O–H groups in total. The van der Waals surface area contributed by atoms with E-state index in [1.807, 2.05) is 52.1 Å². The van der Waals surface area contributed by atoms with Crippen LogP contribution < -0.4 is 0 Å². The predicted octanol–water partition coefficient (Wildman–Crippen LogP) is 1.46. The van der Waals surface area contributed by atoms with E-state index in [0.29, 0.717) is 0 Å². The number of hydrogen-bond donors (Lipinski definition) is 0. The van der Waals surface area contributed by atoms with E-state index < -0.39 is 0 Å². The summed E-state index contributed by atoms with van der Waals surface area (Å²) in [6.45, 7) is 5.46. The van der Waals surface area contributed by atoms with Crippen molar-refractivity contribution in [3.63, 3.8) is 0 Å². The van der Waals surface area contributed by atoms with E-state index in [2.05, 4.69) is 20.3 Å². The van der Waals surface area contributed by atoms with Crippen LogP contribution in [0.5, 0.6) is 0 Å². The van der Waals surface area contributed by atoms with E-state index in [1.165, 1.54) is 0 Å². The van der Waals surface area contributed by atoms with Crippen LogP contribution in [0.15, 0.2) is 48.9 Å². The highest BCUT2D eigenvalue weighted by atomic mass is 16.5. The molecule has 1 saturated heterocycles. The van der Waals surface area contributed by atoms with E-state index in [4.69, 9.17) is 4.74 Å². The lowest BCUT2D eigenvalue weighted by Gasteiger charge is -2.26. The highest BCUT2D eigenvalue weighted by molar-refractivity contribution is 5.59. The van der Waals surface area contributed by atoms with Crippen LogP contribution in [0.3, 0.4) is 0 Å². The predicted molar refractivity (Wildman–Crippen MR) is 89.8 cm³/mol. The molecule has 0 aliphatic carbocycles. The Morgan fingerprint density at radius 2 is 1.88 bits per heavy atom. The van der Waals surface area contributed by atoms with Crippen LogP contribution in [-0.2, 0) is 11.3 Å². The SMILES string of the molecule is c1cnn(-c2ccc(-c3cn(CCN4CCOCC4)nn3)cc2)c1. The average molecular weight is 324 g/mol. The quantitative estimate of drug-likeness (QED) is 0.711. The van der Waals surface area contributed by atoms with Gasteiger partial charge in [0.1, 0.15) is 5.69 Å². The second-order valence-electron chi connectivity index (χ2n) is 5.82. The molecule has 1 aliphatic heterocycles. The van der Waals surface area contributed by atoms with Crippen LogP contribution in [0.25, 0.3) is 16.9 Å². The molecule has 7 heteroatoms. The number of benzene rings is 1. The normalized spacial score (nSPS) is 15.7. The molecule has 0 amide bonds. The summed E-state index contributed by atoms with van der Waals surface area (Å²) in [6.07, 6.45) is 5.70. The Hall–Kier alpha value is -2.51. The van der Waals surface area contributed by atoms with E-state index >= 15 is 0 Å². The number of morpholine rings is 1. The lowest BCUT2D eigenvalue weighted by molar-refractivity contribution is 0.0359. The molecule has 4 rings (SSSR count). The van der Waals surface area contributed by atoms with Crippen LogP contribution >= 0.6 is 0 Å². The molecule has 0 spiro atoms. The maximum Gasteiger partial charge on any atom is 0.113 e. The monoisotopic (exact) mass is 324 g/mol. The third kappa shape index (κ3) is 3.37. The fourth-order valence-electron chi connectivity index (χ4n) is 2.82. The highest BCUT2D eigenvalue weighted by Gasteiger charge is 2.11. The summed E-state index contributed by atoms with van der Waals surface area (Å²) in [6, 6.07) is 10.1. The summed E-state index contributed by atoms with van der Waals surface area (Å²) in [5.74, 6) is 0. The van der Waals surface area contributed by atoms with Crippen molar-refractivity contribution in [2.45, 2.75) is 6.54 Å². The van der Waals surface area contributed by atoms with Gasteiger partial charge in [0, 0.05) is 37.6 Å². The maximum absolute atomic E-state index is 5.37. The topological polar surface area (TPSA) is 61.0 Å². The molecule has 1 aliphatic rings. The van der Waals surface area contributed by atoms with Crippen molar-refractivity contribution >= 4 is 0 Å². The number of aromatic nitrogens is 5. The summed E-state index contributed by atoms with van der Waals surface area (Å²) in [4.78, 5) is 2.39. The largest absolute Gasteiger partial charge is 0.379 e. The maximum atomic E-state index is 5.37. The second-order valence-corrected chi connectivity index (χ2v) is 5.82. The molecule has 0 bridgehead atoms. The first-order valence-corrected chi connectivity index (χ1v) is 8.19. The highest BCUT2D eigenvalue weighted by Crippen LogP contribution is 2.18. The van der Waals surface area contributed by atoms with Crippen LogP contribution in [0.4, 0.5) is 0 Å². The van der Waals surface area contributed by atoms with E-state index in [-0.39, 0.29) is 0 Å². The summed E-state index contributed by atoms with van der Waals surface area (Å²) >= 11 is 0. The number of rotatable bonds is 5. The summed E-state index contributed by atoms with van der Waals surface area (Å²) in [5.41, 5.74) is 2.98. The van der Waals surface area contributed by atoms with E-state index in [1.54, 1.807) is 6.20 Å². The van der Waals surface area contributed by atoms with Crippen molar-refractivity contribution in [3.8, 4) is 16.9 Å². The van der Waals surface area contributed by atoms with Gasteiger partial charge in [-0.2, -0.15) is 5.10 Å². The Labute approximate surface area is 140 Å². The van der Waals surface area contributed by atoms with Gasteiger partial charge >= 0.3 is 0 Å². The summed E-state index contributed by atoms with van der Waals surface area (Å²) in [7, 11) is 0. The fourth-order valence-corrected chi connectivity index (χ4v) is 2.82. The van der Waals surface area contributed by atoms with Gasteiger partial charge in [-0.05, 0) is 18.2 Å². The van der Waals surface area contributed by atoms with Crippen molar-refractivity contribution in [2.24, 2.45) is 0 Å². The molecule has 3 heterocycles. The first-order valence-electron chi connectivity index (χ1n) is 8.19. The number of hydrogen-bond acceptors (Lipinski definition) is 5. The van der Waals surface area contributed by atoms with Crippen molar-refractivity contribution in [1.29, 1.82) is 0 Å². The second kappa shape index (κ2) is 6.94. The zero-order valence-electron chi connectivity index (χ0n) is 13.5. The molecule has 0 radical (unpaired) electrons. The molecule has 24 heavy (non-hydrogen) atoms. The van der Waals surface area contributed by atoms with Crippen molar-refractivity contribution < 1.29 is 4.74 Å². The van der Waals surface area contributed by atoms with Crippen molar-refractivity contribution in [1.82, 2.24) is 29.7 Å². The Bertz CT molecular complexity index is 759. The molecule has 3 aromatic rings. The smallest absolute Gasteiger partial charge is 0.113 e. The fraction of sp³-hybridized carbons (Fsp3) is 0.353. The Balaban J connectivity index is 1.40. The lowest BCUT2D eigenvalue weighted by Crippen LogP contribution is -2.38. The summed E-state index contributed by atoms with van der Waals surface area (Å²) < 4.78 is 9.11. The van der Waals surface area contributed by atoms with Gasteiger partial charge in [0.25, 0.3) is 0 Å². The van der Waals surface area contributed by atoms with Crippen molar-refractivity contribution in [3.05, 3.63) is 48.9 Å². The zero-order chi connectivity index (χ0) is 16.2. The Morgan fingerprint density at radius 1 is 1.04 bits per heavy atom. The van der Waals surface area contributed by atoms with Gasteiger partial charge in [-0.1, -0.05) is 17.3 Å². The van der Waals surface area contributed by atoms with Gasteiger partial charge in [0.05, 0.1) is 31.6 Å². The molecule has 7 nitrogen and oxygen atoms in total. The minimum Gasteiger partial charge on any atom is -0.379 e. The first kappa shape index (κ1) is 15.0. The average Bonchev–Trinajstić information content (AvgIpc) is 3.33. The summed E-state index contributed by atoms with van der Waals surface area (Å²) in [5, 5.41) is 12.8. The molecule has 2 aromatic heterocycles. The number of ether oxygens (including phenoxy) is 1. The van der Waals surface area contributed by atoms with Gasteiger partial charge < -0.3 is 4.74 Å². The van der Waals surface area contributed by atoms with Gasteiger partial charge in [0.15, 0.2) is 0 Å². The van der Waals surface area contributed by atoms with Crippen LogP contribution in [0, 0.1) is 0 Å². The standard InChI is InChI=1S/C17H20N6O/c1-6-18-23(7-1)16-4-2-15(3-5-16)17-14-22(20-19-17)9-8-21-10-12-24-13-11-21/h1-7,14H,8-13H2. The van der Waals surface area contributed by atoms with Crippen molar-refractivity contribution in [2.75, 3.05) is 32.8 Å². The third-order valence-electron chi connectivity index (χ3n) is 4.22. The molecule has 1 fully saturated rings. The minimum absolute atomic E-state index is 0.825. The molecule has 0 unspecified atom stereocenters. The van der Waals surface area contributed by atoms with Crippen LogP contribution in [-0.4, -0.2) is 62.5 Å². The lowest BCUT2D eigenvalue weighted by atomic mass is 10.1. The van der Waals surface area contributed by atoms with E-state index in [0.717, 1.165) is 56.3 Å².